The lowest BCUT2D eigenvalue weighted by molar-refractivity contribution is -0.142. The first kappa shape index (κ1) is 34.1. The van der Waals surface area contributed by atoms with E-state index < -0.39 is 47.9 Å². The molecule has 2 aromatic carbocycles. The molecule has 4 atom stereocenters. The van der Waals surface area contributed by atoms with Crippen molar-refractivity contribution in [1.82, 2.24) is 25.9 Å². The second kappa shape index (κ2) is 17.0. The lowest BCUT2D eigenvalue weighted by Crippen LogP contribution is -2.58. The summed E-state index contributed by atoms with van der Waals surface area (Å²) in [6.07, 6.45) is 3.40. The summed E-state index contributed by atoms with van der Waals surface area (Å²) >= 11 is 0. The van der Waals surface area contributed by atoms with E-state index in [-0.39, 0.29) is 50.4 Å². The van der Waals surface area contributed by atoms with Gasteiger partial charge in [0.05, 0.1) is 12.4 Å². The highest BCUT2D eigenvalue weighted by molar-refractivity contribution is 5.94. The molecule has 3 rings (SSSR count). The number of aliphatic carboxylic acids is 1. The summed E-state index contributed by atoms with van der Waals surface area (Å²) in [5, 5.41) is 27.1. The highest BCUT2D eigenvalue weighted by atomic mass is 16.4. The van der Waals surface area contributed by atoms with Gasteiger partial charge in [-0.1, -0.05) is 42.5 Å². The molecular formula is C30H39N9O6. The van der Waals surface area contributed by atoms with E-state index in [1.807, 2.05) is 6.07 Å². The number of aliphatic imine (C=N–C) groups is 1. The summed E-state index contributed by atoms with van der Waals surface area (Å²) in [7, 11) is 0. The number of guanidine groups is 1. The van der Waals surface area contributed by atoms with E-state index in [4.69, 9.17) is 17.2 Å². The minimum Gasteiger partial charge on any atom is -0.508 e. The van der Waals surface area contributed by atoms with Crippen LogP contribution in [0.4, 0.5) is 0 Å². The van der Waals surface area contributed by atoms with Crippen molar-refractivity contribution in [3.63, 3.8) is 0 Å². The van der Waals surface area contributed by atoms with Crippen molar-refractivity contribution < 1.29 is 29.4 Å². The number of imidazole rings is 1. The zero-order valence-corrected chi connectivity index (χ0v) is 24.6. The number of nitrogens with two attached hydrogens (primary N) is 3. The fourth-order valence-electron chi connectivity index (χ4n) is 4.45. The highest BCUT2D eigenvalue weighted by Gasteiger charge is 2.31. The molecule has 0 bridgehead atoms. The van der Waals surface area contributed by atoms with Crippen LogP contribution in [0.3, 0.4) is 0 Å². The second-order valence-electron chi connectivity index (χ2n) is 10.4. The number of amides is 3. The van der Waals surface area contributed by atoms with Crippen LogP contribution in [-0.4, -0.2) is 80.5 Å². The normalized spacial score (nSPS) is 13.4. The van der Waals surface area contributed by atoms with Gasteiger partial charge in [-0.2, -0.15) is 0 Å². The topological polar surface area (TPSA) is 264 Å². The summed E-state index contributed by atoms with van der Waals surface area (Å²) in [5.41, 5.74) is 18.7. The molecule has 1 aromatic heterocycles. The molecule has 4 unspecified atom stereocenters. The van der Waals surface area contributed by atoms with Crippen LogP contribution in [0, 0.1) is 0 Å². The molecule has 0 saturated carbocycles. The van der Waals surface area contributed by atoms with Crippen molar-refractivity contribution in [2.75, 3.05) is 6.54 Å². The lowest BCUT2D eigenvalue weighted by Gasteiger charge is -2.25. The maximum Gasteiger partial charge on any atom is 0.326 e. The van der Waals surface area contributed by atoms with Gasteiger partial charge in [-0.05, 0) is 42.5 Å². The molecule has 12 N–H and O–H groups in total. The van der Waals surface area contributed by atoms with E-state index in [1.54, 1.807) is 36.4 Å². The largest absolute Gasteiger partial charge is 0.508 e. The second-order valence-corrected chi connectivity index (χ2v) is 10.4. The molecule has 3 aromatic rings. The summed E-state index contributed by atoms with van der Waals surface area (Å²) in [5.74, 6) is -3.35. The Labute approximate surface area is 259 Å². The first-order chi connectivity index (χ1) is 21.5. The Bertz CT molecular complexity index is 1430. The Morgan fingerprint density at radius 1 is 0.822 bits per heavy atom. The van der Waals surface area contributed by atoms with Gasteiger partial charge >= 0.3 is 5.97 Å². The maximum absolute atomic E-state index is 13.7. The first-order valence-corrected chi connectivity index (χ1v) is 14.3. The van der Waals surface area contributed by atoms with Crippen LogP contribution in [0.5, 0.6) is 5.75 Å². The number of carboxylic acid groups (broad SMARTS) is 1. The van der Waals surface area contributed by atoms with Gasteiger partial charge in [0.2, 0.25) is 17.7 Å². The Balaban J connectivity index is 1.77. The summed E-state index contributed by atoms with van der Waals surface area (Å²) < 4.78 is 0. The van der Waals surface area contributed by atoms with Crippen LogP contribution in [0.1, 0.15) is 29.7 Å². The molecule has 0 aliphatic rings. The Morgan fingerprint density at radius 3 is 2.02 bits per heavy atom. The van der Waals surface area contributed by atoms with Gasteiger partial charge in [-0.25, -0.2) is 9.78 Å². The Kier molecular flexibility index (Phi) is 12.9. The van der Waals surface area contributed by atoms with E-state index in [1.165, 1.54) is 24.7 Å². The standard InChI is InChI=1S/C30H39N9O6/c31-22(13-19-8-10-21(40)11-9-19)26(41)38-24(14-18-5-2-1-3-6-18)27(42)39-25(15-20-16-34-17-36-20)28(43)37-23(29(44)45)7-4-12-35-30(32)33/h1-3,5-6,8-11,16-17,22-25,40H,4,7,12-15,31H2,(H,34,36)(H,37,43)(H,38,41)(H,39,42)(H,44,45)(H4,32,33,35). The maximum atomic E-state index is 13.7. The number of nitrogens with one attached hydrogen (secondary N) is 4. The van der Waals surface area contributed by atoms with Gasteiger partial charge in [0.1, 0.15) is 23.9 Å². The fraction of sp³-hybridized carbons (Fsp3) is 0.333. The van der Waals surface area contributed by atoms with Crippen LogP contribution in [0.25, 0.3) is 0 Å². The number of benzene rings is 2. The Hall–Kier alpha value is -5.44. The molecule has 1 heterocycles. The third-order valence-corrected chi connectivity index (χ3v) is 6.82. The fourth-order valence-corrected chi connectivity index (χ4v) is 4.45. The molecular weight excluding hydrogens is 582 g/mol. The van der Waals surface area contributed by atoms with Crippen molar-refractivity contribution in [3.05, 3.63) is 83.9 Å². The van der Waals surface area contributed by atoms with Crippen molar-refractivity contribution in [2.24, 2.45) is 22.2 Å². The van der Waals surface area contributed by atoms with Crippen molar-refractivity contribution in [2.45, 2.75) is 56.3 Å². The molecule has 0 fully saturated rings. The predicted molar refractivity (Wildman–Crippen MR) is 166 cm³/mol. The van der Waals surface area contributed by atoms with E-state index in [0.717, 1.165) is 5.56 Å². The number of phenolic OH excluding ortho intramolecular Hbond substituents is 1. The summed E-state index contributed by atoms with van der Waals surface area (Å²) in [4.78, 5) is 62.7. The number of aromatic hydroxyl groups is 1. The predicted octanol–water partition coefficient (Wildman–Crippen LogP) is -0.937. The van der Waals surface area contributed by atoms with Crippen molar-refractivity contribution in [3.8, 4) is 5.75 Å². The lowest BCUT2D eigenvalue weighted by atomic mass is 10.0. The number of carbonyl (C=O) groups excluding carboxylic acids is 3. The molecule has 15 nitrogen and oxygen atoms in total. The molecule has 45 heavy (non-hydrogen) atoms. The number of nitrogens with zero attached hydrogens (tertiary/aromatic N) is 2. The smallest absolute Gasteiger partial charge is 0.326 e. The number of rotatable bonds is 17. The van der Waals surface area contributed by atoms with Crippen LogP contribution in [0.2, 0.25) is 0 Å². The van der Waals surface area contributed by atoms with Crippen LogP contribution in [-0.2, 0) is 38.4 Å². The van der Waals surface area contributed by atoms with Gasteiger partial charge in [0.15, 0.2) is 5.96 Å². The SMILES string of the molecule is NC(N)=NCCCC(NC(=O)C(Cc1cnc[nH]1)NC(=O)C(Cc1ccccc1)NC(=O)C(N)Cc1ccc(O)cc1)C(=O)O. The molecule has 0 aliphatic carbocycles. The van der Waals surface area contributed by atoms with E-state index in [0.29, 0.717) is 11.3 Å². The van der Waals surface area contributed by atoms with E-state index in [2.05, 4.69) is 30.9 Å². The molecule has 15 heteroatoms. The third-order valence-electron chi connectivity index (χ3n) is 6.82. The molecule has 240 valence electrons. The van der Waals surface area contributed by atoms with Gasteiger partial charge in [0.25, 0.3) is 0 Å². The number of phenols is 1. The van der Waals surface area contributed by atoms with Crippen molar-refractivity contribution in [1.29, 1.82) is 0 Å². The molecule has 0 aliphatic heterocycles. The monoisotopic (exact) mass is 621 g/mol. The zero-order valence-electron chi connectivity index (χ0n) is 24.6. The summed E-state index contributed by atoms with van der Waals surface area (Å²) in [6, 6.07) is 10.6. The van der Waals surface area contributed by atoms with E-state index in [9.17, 15) is 29.4 Å². The van der Waals surface area contributed by atoms with Gasteiger partial charge in [-0.15, -0.1) is 0 Å². The van der Waals surface area contributed by atoms with Crippen LogP contribution >= 0.6 is 0 Å². The van der Waals surface area contributed by atoms with Gasteiger partial charge in [0, 0.05) is 31.3 Å². The first-order valence-electron chi connectivity index (χ1n) is 14.3. The molecule has 3 amide bonds. The van der Waals surface area contributed by atoms with Gasteiger partial charge < -0.3 is 48.3 Å². The molecule has 0 radical (unpaired) electrons. The number of hydrogen-bond acceptors (Lipinski definition) is 8. The minimum atomic E-state index is -1.27. The molecule has 0 saturated heterocycles. The minimum absolute atomic E-state index is 0.0359. The third kappa shape index (κ3) is 11.6. The molecule has 0 spiro atoms. The van der Waals surface area contributed by atoms with Gasteiger partial charge in [-0.3, -0.25) is 19.4 Å². The number of hydrogen-bond donors (Lipinski definition) is 9. The van der Waals surface area contributed by atoms with Crippen LogP contribution in [0.15, 0.2) is 72.1 Å². The zero-order chi connectivity index (χ0) is 32.8. The number of carbonyl (C=O) groups is 4. The van der Waals surface area contributed by atoms with E-state index >= 15 is 0 Å². The number of aromatic amines is 1. The highest BCUT2D eigenvalue weighted by Crippen LogP contribution is 2.12. The van der Waals surface area contributed by atoms with Crippen molar-refractivity contribution >= 4 is 29.7 Å². The quantitative estimate of drug-likeness (QED) is 0.0507. The Morgan fingerprint density at radius 2 is 1.42 bits per heavy atom. The average Bonchev–Trinajstić information content (AvgIpc) is 3.52. The number of H-pyrrole nitrogens is 1. The number of aromatic nitrogens is 2. The van der Waals surface area contributed by atoms with Crippen LogP contribution < -0.4 is 33.2 Å². The summed E-state index contributed by atoms with van der Waals surface area (Å²) in [6.45, 7) is 0.173. The number of carboxylic acids is 1. The average molecular weight is 622 g/mol.